The Hall–Kier alpha value is -1.95. The molecule has 0 unspecified atom stereocenters. The van der Waals surface area contributed by atoms with Gasteiger partial charge in [-0.05, 0) is 24.0 Å². The lowest BCUT2D eigenvalue weighted by Crippen LogP contribution is -2.49. The van der Waals surface area contributed by atoms with Crippen LogP contribution >= 0.6 is 0 Å². The molecule has 2 aromatic rings. The molecule has 2 aliphatic heterocycles. The number of ether oxygens (including phenoxy) is 1. The predicted molar refractivity (Wildman–Crippen MR) is 100 cm³/mol. The fourth-order valence-corrected chi connectivity index (χ4v) is 4.38. The summed E-state index contributed by atoms with van der Waals surface area (Å²) in [4.78, 5) is 14.4. The molecule has 5 nitrogen and oxygen atoms in total. The SMILES string of the molecule is O=c1cccc2n1C[C@H]1C[C@H]2CN(C[C@H](O)COCc2ccccc2)C1. The van der Waals surface area contributed by atoms with E-state index in [0.717, 1.165) is 37.3 Å². The van der Waals surface area contributed by atoms with Crippen LogP contribution in [-0.2, 0) is 17.9 Å². The maximum atomic E-state index is 12.1. The highest BCUT2D eigenvalue weighted by Gasteiger charge is 2.34. The third-order valence-electron chi connectivity index (χ3n) is 5.45. The van der Waals surface area contributed by atoms with E-state index < -0.39 is 6.10 Å². The Morgan fingerprint density at radius 1 is 1.08 bits per heavy atom. The van der Waals surface area contributed by atoms with Gasteiger partial charge < -0.3 is 14.4 Å². The van der Waals surface area contributed by atoms with Crippen LogP contribution in [0.2, 0.25) is 0 Å². The number of rotatable bonds is 6. The average molecular weight is 354 g/mol. The smallest absolute Gasteiger partial charge is 0.250 e. The Morgan fingerprint density at radius 2 is 1.92 bits per heavy atom. The van der Waals surface area contributed by atoms with E-state index in [1.807, 2.05) is 41.0 Å². The topological polar surface area (TPSA) is 54.7 Å². The molecule has 0 saturated carbocycles. The van der Waals surface area contributed by atoms with Crippen molar-refractivity contribution in [2.45, 2.75) is 31.6 Å². The molecule has 1 saturated heterocycles. The van der Waals surface area contributed by atoms with Gasteiger partial charge >= 0.3 is 0 Å². The maximum Gasteiger partial charge on any atom is 0.250 e. The Morgan fingerprint density at radius 3 is 2.77 bits per heavy atom. The van der Waals surface area contributed by atoms with Crippen LogP contribution in [0.4, 0.5) is 0 Å². The molecule has 1 fully saturated rings. The third kappa shape index (κ3) is 3.90. The Balaban J connectivity index is 1.30. The third-order valence-corrected chi connectivity index (χ3v) is 5.45. The van der Waals surface area contributed by atoms with E-state index in [-0.39, 0.29) is 5.56 Å². The molecule has 0 aliphatic carbocycles. The lowest BCUT2D eigenvalue weighted by Gasteiger charge is -2.43. The van der Waals surface area contributed by atoms with Gasteiger partial charge in [0, 0.05) is 43.9 Å². The molecule has 138 valence electrons. The van der Waals surface area contributed by atoms with Crippen molar-refractivity contribution in [3.8, 4) is 0 Å². The van der Waals surface area contributed by atoms with Crippen LogP contribution in [0.15, 0.2) is 53.3 Å². The predicted octanol–water partition coefficient (Wildman–Crippen LogP) is 1.85. The van der Waals surface area contributed by atoms with Gasteiger partial charge in [0.15, 0.2) is 0 Å². The van der Waals surface area contributed by atoms with Gasteiger partial charge in [-0.3, -0.25) is 9.69 Å². The summed E-state index contributed by atoms with van der Waals surface area (Å²) in [6.07, 6.45) is 0.649. The summed E-state index contributed by atoms with van der Waals surface area (Å²) < 4.78 is 7.61. The Kier molecular flexibility index (Phi) is 5.20. The van der Waals surface area contributed by atoms with Gasteiger partial charge in [-0.25, -0.2) is 0 Å². The van der Waals surface area contributed by atoms with Gasteiger partial charge in [0.1, 0.15) is 0 Å². The zero-order valence-electron chi connectivity index (χ0n) is 15.0. The molecule has 1 aromatic heterocycles. The first-order valence-electron chi connectivity index (χ1n) is 9.41. The Labute approximate surface area is 153 Å². The first kappa shape index (κ1) is 17.5. The molecule has 4 rings (SSSR count). The number of pyridine rings is 1. The number of aromatic nitrogens is 1. The number of hydrogen-bond donors (Lipinski definition) is 1. The van der Waals surface area contributed by atoms with E-state index in [0.29, 0.717) is 31.6 Å². The van der Waals surface area contributed by atoms with Crippen molar-refractivity contribution in [1.82, 2.24) is 9.47 Å². The number of likely N-dealkylation sites (tertiary alicyclic amines) is 1. The molecule has 1 aromatic carbocycles. The van der Waals surface area contributed by atoms with Gasteiger partial charge in [-0.2, -0.15) is 0 Å². The zero-order valence-corrected chi connectivity index (χ0v) is 15.0. The highest BCUT2D eigenvalue weighted by Crippen LogP contribution is 2.34. The standard InChI is InChI=1S/C21H26N2O3/c24-19(15-26-14-16-5-2-1-3-6-16)13-22-10-17-9-18(12-22)20-7-4-8-21(25)23(20)11-17/h1-8,17-19,24H,9-15H2/t17-,18-,19-/m0/s1. The van der Waals surface area contributed by atoms with Gasteiger partial charge in [0.25, 0.3) is 5.56 Å². The molecule has 5 heteroatoms. The minimum atomic E-state index is -0.490. The van der Waals surface area contributed by atoms with Gasteiger partial charge in [0.2, 0.25) is 0 Å². The van der Waals surface area contributed by atoms with Crippen molar-refractivity contribution in [3.05, 3.63) is 70.1 Å². The minimum Gasteiger partial charge on any atom is -0.389 e. The zero-order chi connectivity index (χ0) is 17.9. The Bertz CT molecular complexity index is 789. The molecule has 1 N–H and O–H groups in total. The summed E-state index contributed by atoms with van der Waals surface area (Å²) in [7, 11) is 0. The number of piperidine rings is 1. The average Bonchev–Trinajstić information content (AvgIpc) is 2.63. The summed E-state index contributed by atoms with van der Waals surface area (Å²) in [6, 6.07) is 15.6. The van der Waals surface area contributed by atoms with Gasteiger partial charge in [-0.1, -0.05) is 36.4 Å². The number of aliphatic hydroxyl groups is 1. The van der Waals surface area contributed by atoms with Crippen molar-refractivity contribution in [2.24, 2.45) is 5.92 Å². The van der Waals surface area contributed by atoms with Crippen molar-refractivity contribution >= 4 is 0 Å². The van der Waals surface area contributed by atoms with Crippen LogP contribution < -0.4 is 5.56 Å². The van der Waals surface area contributed by atoms with Crippen LogP contribution in [0.5, 0.6) is 0 Å². The van der Waals surface area contributed by atoms with Crippen LogP contribution in [-0.4, -0.2) is 46.9 Å². The molecule has 3 heterocycles. The van der Waals surface area contributed by atoms with E-state index in [1.54, 1.807) is 6.07 Å². The van der Waals surface area contributed by atoms with E-state index in [4.69, 9.17) is 4.74 Å². The van der Waals surface area contributed by atoms with E-state index in [2.05, 4.69) is 11.0 Å². The summed E-state index contributed by atoms with van der Waals surface area (Å²) in [5.74, 6) is 0.868. The molecule has 2 bridgehead atoms. The number of nitrogens with zero attached hydrogens (tertiary/aromatic N) is 2. The fourth-order valence-electron chi connectivity index (χ4n) is 4.38. The molecular formula is C21H26N2O3. The highest BCUT2D eigenvalue weighted by molar-refractivity contribution is 5.17. The van der Waals surface area contributed by atoms with Crippen molar-refractivity contribution < 1.29 is 9.84 Å². The van der Waals surface area contributed by atoms with E-state index >= 15 is 0 Å². The minimum absolute atomic E-state index is 0.111. The van der Waals surface area contributed by atoms with Crippen LogP contribution in [0, 0.1) is 5.92 Å². The number of fused-ring (bicyclic) bond motifs is 4. The maximum absolute atomic E-state index is 12.1. The van der Waals surface area contributed by atoms with E-state index in [1.165, 1.54) is 0 Å². The summed E-state index contributed by atoms with van der Waals surface area (Å²) in [6.45, 7) is 4.13. The quantitative estimate of drug-likeness (QED) is 0.860. The van der Waals surface area contributed by atoms with Crippen LogP contribution in [0.3, 0.4) is 0 Å². The second-order valence-corrected chi connectivity index (χ2v) is 7.57. The van der Waals surface area contributed by atoms with Gasteiger partial charge in [-0.15, -0.1) is 0 Å². The molecule has 0 radical (unpaired) electrons. The molecule has 3 atom stereocenters. The molecule has 0 amide bonds. The lowest BCUT2D eigenvalue weighted by molar-refractivity contribution is -0.00248. The highest BCUT2D eigenvalue weighted by atomic mass is 16.5. The number of hydrogen-bond acceptors (Lipinski definition) is 4. The second kappa shape index (κ2) is 7.74. The monoisotopic (exact) mass is 354 g/mol. The summed E-state index contributed by atoms with van der Waals surface area (Å²) >= 11 is 0. The second-order valence-electron chi connectivity index (χ2n) is 7.57. The van der Waals surface area contributed by atoms with Crippen molar-refractivity contribution in [3.63, 3.8) is 0 Å². The van der Waals surface area contributed by atoms with E-state index in [9.17, 15) is 9.90 Å². The number of β-amino-alcohol motifs (C(OH)–C–C–N with tert-alkyl or cyclic N) is 1. The van der Waals surface area contributed by atoms with Crippen molar-refractivity contribution in [2.75, 3.05) is 26.2 Å². The van der Waals surface area contributed by atoms with Crippen LogP contribution in [0.1, 0.15) is 23.6 Å². The van der Waals surface area contributed by atoms with Crippen molar-refractivity contribution in [1.29, 1.82) is 0 Å². The number of benzene rings is 1. The molecule has 0 spiro atoms. The first-order valence-corrected chi connectivity index (χ1v) is 9.41. The lowest BCUT2D eigenvalue weighted by atomic mass is 9.83. The van der Waals surface area contributed by atoms with Gasteiger partial charge in [0.05, 0.1) is 19.3 Å². The molecular weight excluding hydrogens is 328 g/mol. The fraction of sp³-hybridized carbons (Fsp3) is 0.476. The summed E-state index contributed by atoms with van der Waals surface area (Å²) in [5, 5.41) is 10.4. The number of aliphatic hydroxyl groups excluding tert-OH is 1. The summed E-state index contributed by atoms with van der Waals surface area (Å²) in [5.41, 5.74) is 2.38. The first-order chi connectivity index (χ1) is 12.7. The molecule has 26 heavy (non-hydrogen) atoms. The largest absolute Gasteiger partial charge is 0.389 e. The van der Waals surface area contributed by atoms with Crippen LogP contribution in [0.25, 0.3) is 0 Å². The normalized spacial score (nSPS) is 23.4. The molecule has 2 aliphatic rings.